The Balaban J connectivity index is 1.43. The first-order valence-corrected chi connectivity index (χ1v) is 11.2. The molecule has 0 bridgehead atoms. The maximum absolute atomic E-state index is 13.1. The van der Waals surface area contributed by atoms with Gasteiger partial charge in [0.1, 0.15) is 11.6 Å². The quantitative estimate of drug-likeness (QED) is 0.464. The third kappa shape index (κ3) is 5.06. The van der Waals surface area contributed by atoms with E-state index in [0.717, 1.165) is 47.4 Å². The number of hydrogen-bond donors (Lipinski definition) is 2. The lowest BCUT2D eigenvalue weighted by molar-refractivity contribution is 0.0923. The lowest BCUT2D eigenvalue weighted by Gasteiger charge is -2.13. The first-order chi connectivity index (χ1) is 16.5. The van der Waals surface area contributed by atoms with Gasteiger partial charge in [0.2, 0.25) is 0 Å². The molecule has 0 unspecified atom stereocenters. The van der Waals surface area contributed by atoms with Crippen LogP contribution >= 0.6 is 0 Å². The van der Waals surface area contributed by atoms with E-state index in [0.29, 0.717) is 35.9 Å². The highest BCUT2D eigenvalue weighted by Crippen LogP contribution is 2.30. The number of hydrazone groups is 1. The predicted octanol–water partition coefficient (Wildman–Crippen LogP) is 4.87. The number of aryl methyl sites for hydroxylation is 1. The number of carbonyl (C=O) groups is 1. The van der Waals surface area contributed by atoms with Crippen molar-refractivity contribution in [2.24, 2.45) is 5.10 Å². The lowest BCUT2D eigenvalue weighted by atomic mass is 9.93. The van der Waals surface area contributed by atoms with E-state index in [2.05, 4.69) is 15.8 Å². The Morgan fingerprint density at radius 1 is 1.09 bits per heavy atom. The average molecular weight is 466 g/mol. The molecule has 1 aliphatic rings. The molecule has 34 heavy (non-hydrogen) atoms. The van der Waals surface area contributed by atoms with Crippen molar-refractivity contribution in [2.75, 3.05) is 26.2 Å². The number of fused-ring (bicyclic) bond motifs is 1. The fourth-order valence-electron chi connectivity index (χ4n) is 4.09. The molecule has 0 radical (unpaired) electrons. The van der Waals surface area contributed by atoms with Gasteiger partial charge in [-0.25, -0.2) is 4.39 Å². The van der Waals surface area contributed by atoms with E-state index in [1.54, 1.807) is 26.4 Å². The SMILES string of the molecule is COc1ccc(CCNC(=O)c2oc3c(c2C)/C(=N/Nc2ccc(F)cc2)CCC3)cc1OC. The van der Waals surface area contributed by atoms with E-state index >= 15 is 0 Å². The Morgan fingerprint density at radius 3 is 2.59 bits per heavy atom. The fraction of sp³-hybridized carbons (Fsp3) is 0.308. The number of rotatable bonds is 8. The van der Waals surface area contributed by atoms with Crippen LogP contribution in [0.2, 0.25) is 0 Å². The van der Waals surface area contributed by atoms with E-state index < -0.39 is 0 Å². The van der Waals surface area contributed by atoms with Crippen LogP contribution in [0.3, 0.4) is 0 Å². The van der Waals surface area contributed by atoms with Crippen LogP contribution in [0.25, 0.3) is 0 Å². The molecule has 0 saturated heterocycles. The third-order valence-electron chi connectivity index (χ3n) is 5.84. The number of nitrogens with zero attached hydrogens (tertiary/aromatic N) is 1. The van der Waals surface area contributed by atoms with E-state index in [1.165, 1.54) is 12.1 Å². The summed E-state index contributed by atoms with van der Waals surface area (Å²) in [5.41, 5.74) is 7.18. The summed E-state index contributed by atoms with van der Waals surface area (Å²) in [7, 11) is 3.19. The number of carbonyl (C=O) groups excluding carboxylic acids is 1. The van der Waals surface area contributed by atoms with Crippen LogP contribution in [0, 0.1) is 12.7 Å². The topological polar surface area (TPSA) is 85.1 Å². The van der Waals surface area contributed by atoms with Gasteiger partial charge in [0.05, 0.1) is 25.6 Å². The standard InChI is InChI=1S/C26H28FN3O4/c1-16-24-20(30-29-19-10-8-18(27)9-11-19)5-4-6-22(24)34-25(16)26(31)28-14-13-17-7-12-21(32-2)23(15-17)33-3/h7-12,15,29H,4-6,13-14H2,1-3H3,(H,28,31)/b30-20+. The van der Waals surface area contributed by atoms with E-state index in [1.807, 2.05) is 25.1 Å². The summed E-state index contributed by atoms with van der Waals surface area (Å²) in [6, 6.07) is 11.7. The molecule has 1 amide bonds. The van der Waals surface area contributed by atoms with Gasteiger partial charge in [0, 0.05) is 24.1 Å². The van der Waals surface area contributed by atoms with Crippen molar-refractivity contribution in [3.8, 4) is 11.5 Å². The number of ether oxygens (including phenoxy) is 2. The minimum absolute atomic E-state index is 0.252. The van der Waals surface area contributed by atoms with Gasteiger partial charge in [-0.15, -0.1) is 0 Å². The van der Waals surface area contributed by atoms with Crippen LogP contribution in [-0.2, 0) is 12.8 Å². The molecule has 3 aromatic rings. The minimum Gasteiger partial charge on any atom is -0.493 e. The summed E-state index contributed by atoms with van der Waals surface area (Å²) < 4.78 is 29.7. The Hall–Kier alpha value is -3.81. The monoisotopic (exact) mass is 465 g/mol. The molecule has 7 nitrogen and oxygen atoms in total. The van der Waals surface area contributed by atoms with Gasteiger partial charge in [-0.1, -0.05) is 6.07 Å². The molecule has 0 atom stereocenters. The molecule has 1 aromatic heterocycles. The fourth-order valence-corrected chi connectivity index (χ4v) is 4.09. The molecular formula is C26H28FN3O4. The van der Waals surface area contributed by atoms with Crippen molar-refractivity contribution in [3.05, 3.63) is 76.5 Å². The highest BCUT2D eigenvalue weighted by molar-refractivity contribution is 6.06. The summed E-state index contributed by atoms with van der Waals surface area (Å²) in [6.07, 6.45) is 3.04. The maximum Gasteiger partial charge on any atom is 0.287 e. The van der Waals surface area contributed by atoms with E-state index in [-0.39, 0.29) is 11.7 Å². The number of nitrogens with one attached hydrogen (secondary N) is 2. The number of halogens is 1. The number of benzene rings is 2. The minimum atomic E-state index is -0.300. The molecule has 0 spiro atoms. The molecule has 0 fully saturated rings. The van der Waals surface area contributed by atoms with Gasteiger partial charge in [-0.3, -0.25) is 10.2 Å². The van der Waals surface area contributed by atoms with E-state index in [9.17, 15) is 9.18 Å². The molecule has 178 valence electrons. The molecule has 0 saturated carbocycles. The number of furan rings is 1. The van der Waals surface area contributed by atoms with Crippen molar-refractivity contribution < 1.29 is 23.1 Å². The van der Waals surface area contributed by atoms with Crippen LogP contribution in [-0.4, -0.2) is 32.4 Å². The van der Waals surface area contributed by atoms with Crippen LogP contribution in [0.4, 0.5) is 10.1 Å². The zero-order valence-electron chi connectivity index (χ0n) is 19.5. The van der Waals surface area contributed by atoms with Crippen molar-refractivity contribution in [1.29, 1.82) is 0 Å². The van der Waals surface area contributed by atoms with Gasteiger partial charge < -0.3 is 19.2 Å². The Labute approximate surface area is 198 Å². The average Bonchev–Trinajstić information content (AvgIpc) is 3.20. The lowest BCUT2D eigenvalue weighted by Crippen LogP contribution is -2.26. The van der Waals surface area contributed by atoms with Crippen LogP contribution in [0.1, 0.15) is 45.8 Å². The molecule has 4 rings (SSSR count). The van der Waals surface area contributed by atoms with Crippen LogP contribution in [0.5, 0.6) is 11.5 Å². The second-order valence-corrected chi connectivity index (χ2v) is 8.08. The van der Waals surface area contributed by atoms with Crippen LogP contribution in [0.15, 0.2) is 52.0 Å². The maximum atomic E-state index is 13.1. The van der Waals surface area contributed by atoms with Gasteiger partial charge in [-0.2, -0.15) is 5.10 Å². The summed E-state index contributed by atoms with van der Waals surface area (Å²) in [6.45, 7) is 2.33. The molecule has 8 heteroatoms. The number of methoxy groups -OCH3 is 2. The van der Waals surface area contributed by atoms with Crippen molar-refractivity contribution in [1.82, 2.24) is 5.32 Å². The van der Waals surface area contributed by atoms with Crippen molar-refractivity contribution in [3.63, 3.8) is 0 Å². The predicted molar refractivity (Wildman–Crippen MR) is 129 cm³/mol. The van der Waals surface area contributed by atoms with Crippen LogP contribution < -0.4 is 20.2 Å². The second kappa shape index (κ2) is 10.4. The first-order valence-electron chi connectivity index (χ1n) is 11.2. The van der Waals surface area contributed by atoms with Crippen molar-refractivity contribution in [2.45, 2.75) is 32.6 Å². The summed E-state index contributed by atoms with van der Waals surface area (Å²) in [5, 5.41) is 7.47. The Kier molecular flexibility index (Phi) is 7.15. The number of hydrogen-bond acceptors (Lipinski definition) is 6. The van der Waals surface area contributed by atoms with Crippen molar-refractivity contribution >= 4 is 17.3 Å². The molecule has 2 N–H and O–H groups in total. The van der Waals surface area contributed by atoms with Gasteiger partial charge in [0.15, 0.2) is 17.3 Å². The second-order valence-electron chi connectivity index (χ2n) is 8.08. The van der Waals surface area contributed by atoms with E-state index in [4.69, 9.17) is 13.9 Å². The number of anilines is 1. The highest BCUT2D eigenvalue weighted by Gasteiger charge is 2.27. The Bertz CT molecular complexity index is 1200. The molecular weight excluding hydrogens is 437 g/mol. The molecule has 1 heterocycles. The largest absolute Gasteiger partial charge is 0.493 e. The summed E-state index contributed by atoms with van der Waals surface area (Å²) >= 11 is 0. The van der Waals surface area contributed by atoms with Gasteiger partial charge in [-0.05, 0) is 68.1 Å². The zero-order chi connectivity index (χ0) is 24.1. The molecule has 2 aromatic carbocycles. The Morgan fingerprint density at radius 2 is 1.85 bits per heavy atom. The van der Waals surface area contributed by atoms with Gasteiger partial charge in [0.25, 0.3) is 5.91 Å². The van der Waals surface area contributed by atoms with Gasteiger partial charge >= 0.3 is 0 Å². The summed E-state index contributed by atoms with van der Waals surface area (Å²) in [4.78, 5) is 12.9. The third-order valence-corrected chi connectivity index (χ3v) is 5.84. The zero-order valence-corrected chi connectivity index (χ0v) is 19.5. The molecule has 0 aliphatic heterocycles. The molecule has 1 aliphatic carbocycles. The normalized spacial score (nSPS) is 13.9. The first kappa shape index (κ1) is 23.4. The smallest absolute Gasteiger partial charge is 0.287 e. The summed E-state index contributed by atoms with van der Waals surface area (Å²) in [5.74, 6) is 1.85. The number of amides is 1. The highest BCUT2D eigenvalue weighted by atomic mass is 19.1.